The van der Waals surface area contributed by atoms with Crippen molar-refractivity contribution < 1.29 is 19.3 Å². The number of aryl methyl sites for hydroxylation is 1. The molecule has 0 radical (unpaired) electrons. The smallest absolute Gasteiger partial charge is 0.269 e. The average Bonchev–Trinajstić information content (AvgIpc) is 2.78. The van der Waals surface area contributed by atoms with Crippen molar-refractivity contribution in [3.63, 3.8) is 0 Å². The summed E-state index contributed by atoms with van der Waals surface area (Å²) in [6.07, 6.45) is 1.07. The number of likely N-dealkylation sites (N-methyl/N-ethyl adjacent to an activating group) is 1. The zero-order valence-corrected chi connectivity index (χ0v) is 18.9. The molecule has 2 atom stereocenters. The summed E-state index contributed by atoms with van der Waals surface area (Å²) in [6, 6.07) is 9.36. The minimum atomic E-state index is -0.933. The van der Waals surface area contributed by atoms with E-state index < -0.39 is 28.8 Å². The summed E-state index contributed by atoms with van der Waals surface area (Å²) in [4.78, 5) is 47.5. The number of nitro groups is 1. The maximum atomic E-state index is 13.0. The number of hydrogen-bond acceptors (Lipinski definition) is 6. The zero-order chi connectivity index (χ0) is 24.5. The van der Waals surface area contributed by atoms with Crippen molar-refractivity contribution in [3.8, 4) is 0 Å². The molecule has 0 saturated heterocycles. The van der Waals surface area contributed by atoms with E-state index in [0.717, 1.165) is 17.5 Å². The van der Waals surface area contributed by atoms with Crippen LogP contribution in [0.4, 0.5) is 11.4 Å². The molecule has 10 heteroatoms. The summed E-state index contributed by atoms with van der Waals surface area (Å²) in [6.45, 7) is 3.29. The first-order valence-corrected chi connectivity index (χ1v) is 10.5. The first-order valence-electron chi connectivity index (χ1n) is 10.5. The number of nitrogens with one attached hydrogen (secondary N) is 3. The quantitative estimate of drug-likeness (QED) is 0.240. The van der Waals surface area contributed by atoms with E-state index in [-0.39, 0.29) is 24.4 Å². The lowest BCUT2D eigenvalue weighted by molar-refractivity contribution is -0.384. The number of nitrogens with zero attached hydrogens (tertiary/aromatic N) is 1. The van der Waals surface area contributed by atoms with Gasteiger partial charge < -0.3 is 21.7 Å². The van der Waals surface area contributed by atoms with Gasteiger partial charge in [-0.2, -0.15) is 0 Å². The van der Waals surface area contributed by atoms with Crippen molar-refractivity contribution in [1.82, 2.24) is 16.0 Å². The van der Waals surface area contributed by atoms with Gasteiger partial charge in [0.05, 0.1) is 4.92 Å². The molecule has 0 fully saturated rings. The highest BCUT2D eigenvalue weighted by molar-refractivity contribution is 5.92. The first kappa shape index (κ1) is 25.3. The standard InChI is InChI=1S/C23H29N5O5/c1-4-17-11-16(7-10-19(17)24)13-21(26-14(2)29)23(31)27-20(22(30)25-3)12-15-5-8-18(9-6-15)28(32)33/h5-11,20-21H,4,12-13,24H2,1-3H3,(H,25,30)(H,26,29)(H,27,31)/t20-,21+/m0/s1. The molecule has 0 spiro atoms. The highest BCUT2D eigenvalue weighted by Crippen LogP contribution is 2.17. The third-order valence-electron chi connectivity index (χ3n) is 5.19. The Morgan fingerprint density at radius 3 is 2.09 bits per heavy atom. The van der Waals surface area contributed by atoms with Crippen molar-refractivity contribution in [1.29, 1.82) is 0 Å². The Hall–Kier alpha value is -3.95. The zero-order valence-electron chi connectivity index (χ0n) is 18.9. The van der Waals surface area contributed by atoms with Crippen molar-refractivity contribution in [2.45, 2.75) is 45.2 Å². The van der Waals surface area contributed by atoms with E-state index in [1.807, 2.05) is 13.0 Å². The molecule has 0 heterocycles. The molecule has 2 aromatic rings. The monoisotopic (exact) mass is 455 g/mol. The number of carbonyl (C=O) groups is 3. The van der Waals surface area contributed by atoms with E-state index in [9.17, 15) is 24.5 Å². The molecule has 33 heavy (non-hydrogen) atoms. The van der Waals surface area contributed by atoms with Gasteiger partial charge >= 0.3 is 0 Å². The summed E-state index contributed by atoms with van der Waals surface area (Å²) >= 11 is 0. The van der Waals surface area contributed by atoms with Gasteiger partial charge in [0, 0.05) is 44.6 Å². The fraction of sp³-hybridized carbons (Fsp3) is 0.348. The molecule has 176 valence electrons. The van der Waals surface area contributed by atoms with Crippen LogP contribution in [0.1, 0.15) is 30.5 Å². The molecule has 0 aromatic heterocycles. The molecular formula is C23H29N5O5. The van der Waals surface area contributed by atoms with Crippen LogP contribution in [0.15, 0.2) is 42.5 Å². The van der Waals surface area contributed by atoms with E-state index in [1.54, 1.807) is 12.1 Å². The van der Waals surface area contributed by atoms with Gasteiger partial charge in [-0.3, -0.25) is 24.5 Å². The van der Waals surface area contributed by atoms with Crippen LogP contribution in [-0.2, 0) is 33.6 Å². The van der Waals surface area contributed by atoms with Crippen molar-refractivity contribution in [2.75, 3.05) is 12.8 Å². The molecule has 2 aromatic carbocycles. The highest BCUT2D eigenvalue weighted by Gasteiger charge is 2.26. The van der Waals surface area contributed by atoms with Crippen LogP contribution in [0, 0.1) is 10.1 Å². The summed E-state index contributed by atoms with van der Waals surface area (Å²) in [5, 5.41) is 18.7. The fourth-order valence-electron chi connectivity index (χ4n) is 3.43. The molecule has 3 amide bonds. The minimum Gasteiger partial charge on any atom is -0.399 e. The van der Waals surface area contributed by atoms with Gasteiger partial charge in [-0.1, -0.05) is 31.2 Å². The van der Waals surface area contributed by atoms with Gasteiger partial charge in [0.25, 0.3) is 5.69 Å². The van der Waals surface area contributed by atoms with E-state index in [2.05, 4.69) is 16.0 Å². The van der Waals surface area contributed by atoms with Crippen LogP contribution in [0.2, 0.25) is 0 Å². The number of benzene rings is 2. The number of anilines is 1. The van der Waals surface area contributed by atoms with Gasteiger partial charge in [-0.05, 0) is 29.2 Å². The topological polar surface area (TPSA) is 156 Å². The Kier molecular flexibility index (Phi) is 8.90. The number of hydrogen-bond donors (Lipinski definition) is 4. The summed E-state index contributed by atoms with van der Waals surface area (Å²) in [5.74, 6) is -1.33. The molecule has 0 aliphatic rings. The molecule has 5 N–H and O–H groups in total. The second-order valence-corrected chi connectivity index (χ2v) is 7.65. The average molecular weight is 456 g/mol. The molecule has 0 aliphatic carbocycles. The van der Waals surface area contributed by atoms with E-state index in [1.165, 1.54) is 38.2 Å². The number of rotatable bonds is 10. The Balaban J connectivity index is 2.20. The predicted octanol–water partition coefficient (Wildman–Crippen LogP) is 1.26. The van der Waals surface area contributed by atoms with E-state index >= 15 is 0 Å². The Morgan fingerprint density at radius 1 is 0.970 bits per heavy atom. The predicted molar refractivity (Wildman–Crippen MR) is 124 cm³/mol. The maximum Gasteiger partial charge on any atom is 0.269 e. The van der Waals surface area contributed by atoms with Crippen molar-refractivity contribution in [2.24, 2.45) is 0 Å². The second kappa shape index (κ2) is 11.6. The van der Waals surface area contributed by atoms with Crippen LogP contribution in [0.3, 0.4) is 0 Å². The molecular weight excluding hydrogens is 426 g/mol. The molecule has 10 nitrogen and oxygen atoms in total. The van der Waals surface area contributed by atoms with E-state index in [0.29, 0.717) is 11.3 Å². The molecule has 0 aliphatic heterocycles. The lowest BCUT2D eigenvalue weighted by Gasteiger charge is -2.23. The number of nitro benzene ring substituents is 1. The number of non-ortho nitro benzene ring substituents is 1. The van der Waals surface area contributed by atoms with Crippen LogP contribution in [0.5, 0.6) is 0 Å². The first-order chi connectivity index (χ1) is 15.6. The van der Waals surface area contributed by atoms with Crippen LogP contribution >= 0.6 is 0 Å². The van der Waals surface area contributed by atoms with Crippen LogP contribution in [-0.4, -0.2) is 41.8 Å². The fourth-order valence-corrected chi connectivity index (χ4v) is 3.43. The van der Waals surface area contributed by atoms with Gasteiger partial charge in [-0.15, -0.1) is 0 Å². The largest absolute Gasteiger partial charge is 0.399 e. The lowest BCUT2D eigenvalue weighted by Crippen LogP contribution is -2.54. The molecule has 0 unspecified atom stereocenters. The summed E-state index contributed by atoms with van der Waals surface area (Å²) < 4.78 is 0. The number of carbonyl (C=O) groups excluding carboxylic acids is 3. The van der Waals surface area contributed by atoms with Gasteiger partial charge in [0.15, 0.2) is 0 Å². The lowest BCUT2D eigenvalue weighted by atomic mass is 9.99. The number of nitrogens with two attached hydrogens (primary N) is 1. The maximum absolute atomic E-state index is 13.0. The SMILES string of the molecule is CCc1cc(C[C@@H](NC(C)=O)C(=O)N[C@@H](Cc2ccc([N+](=O)[O-])cc2)C(=O)NC)ccc1N. The highest BCUT2D eigenvalue weighted by atomic mass is 16.6. The van der Waals surface area contributed by atoms with Crippen LogP contribution in [0.25, 0.3) is 0 Å². The third-order valence-corrected chi connectivity index (χ3v) is 5.19. The second-order valence-electron chi connectivity index (χ2n) is 7.65. The third kappa shape index (κ3) is 7.30. The molecule has 2 rings (SSSR count). The van der Waals surface area contributed by atoms with Gasteiger partial charge in [0.2, 0.25) is 17.7 Å². The minimum absolute atomic E-state index is 0.0695. The summed E-state index contributed by atoms with van der Waals surface area (Å²) in [5.41, 5.74) is 8.94. The van der Waals surface area contributed by atoms with E-state index in [4.69, 9.17) is 5.73 Å². The normalized spacial score (nSPS) is 12.3. The van der Waals surface area contributed by atoms with Gasteiger partial charge in [0.1, 0.15) is 12.1 Å². The van der Waals surface area contributed by atoms with Gasteiger partial charge in [-0.25, -0.2) is 0 Å². The Morgan fingerprint density at radius 2 is 1.55 bits per heavy atom. The molecule has 0 bridgehead atoms. The number of nitrogen functional groups attached to an aromatic ring is 1. The van der Waals surface area contributed by atoms with Crippen molar-refractivity contribution in [3.05, 3.63) is 69.3 Å². The number of amides is 3. The Labute approximate surface area is 192 Å². The molecule has 0 saturated carbocycles. The Bertz CT molecular complexity index is 1020. The van der Waals surface area contributed by atoms with Crippen molar-refractivity contribution >= 4 is 29.1 Å². The van der Waals surface area contributed by atoms with Crippen LogP contribution < -0.4 is 21.7 Å². The summed E-state index contributed by atoms with van der Waals surface area (Å²) in [7, 11) is 1.45.